The van der Waals surface area contributed by atoms with E-state index in [0.29, 0.717) is 18.8 Å². The Labute approximate surface area is 222 Å². The molecule has 1 saturated heterocycles. The van der Waals surface area contributed by atoms with E-state index in [2.05, 4.69) is 32.7 Å². The first kappa shape index (κ1) is 26.8. The summed E-state index contributed by atoms with van der Waals surface area (Å²) >= 11 is 0. The van der Waals surface area contributed by atoms with Crippen LogP contribution in [-0.4, -0.2) is 75.3 Å². The normalized spacial score (nSPS) is 20.9. The molecule has 208 valence electrons. The van der Waals surface area contributed by atoms with Crippen LogP contribution in [-0.2, 0) is 12.0 Å². The summed E-state index contributed by atoms with van der Waals surface area (Å²) in [5.41, 5.74) is 6.21. The number of nitrogens with two attached hydrogens (primary N) is 1. The molecule has 3 aromatic rings. The van der Waals surface area contributed by atoms with Crippen molar-refractivity contribution in [3.05, 3.63) is 41.2 Å². The number of fused-ring (bicyclic) bond motifs is 1. The topological polar surface area (TPSA) is 106 Å². The highest BCUT2D eigenvalue weighted by Gasteiger charge is 2.42. The number of alkyl halides is 4. The second kappa shape index (κ2) is 10.1. The predicted octanol–water partition coefficient (Wildman–Crippen LogP) is 2.96. The summed E-state index contributed by atoms with van der Waals surface area (Å²) in [5, 5.41) is 14.3. The van der Waals surface area contributed by atoms with Crippen LogP contribution in [0.25, 0.3) is 5.52 Å². The zero-order chi connectivity index (χ0) is 27.9. The van der Waals surface area contributed by atoms with E-state index in [1.54, 1.807) is 16.8 Å². The maximum absolute atomic E-state index is 14.6. The molecule has 2 fully saturated rings. The lowest BCUT2D eigenvalue weighted by atomic mass is 10.0. The second-order valence-corrected chi connectivity index (χ2v) is 10.5. The Bertz CT molecular complexity index is 1450. The van der Waals surface area contributed by atoms with E-state index in [1.165, 1.54) is 16.8 Å². The summed E-state index contributed by atoms with van der Waals surface area (Å²) in [6.45, 7) is 2.83. The zero-order valence-corrected chi connectivity index (χ0v) is 21.6. The van der Waals surface area contributed by atoms with Gasteiger partial charge in [0.15, 0.2) is 0 Å². The van der Waals surface area contributed by atoms with E-state index < -0.39 is 30.7 Å². The summed E-state index contributed by atoms with van der Waals surface area (Å²) in [5.74, 6) is 5.53. The van der Waals surface area contributed by atoms with Crippen molar-refractivity contribution in [2.75, 3.05) is 37.7 Å². The lowest BCUT2D eigenvalue weighted by Crippen LogP contribution is -2.46. The maximum atomic E-state index is 14.6. The third kappa shape index (κ3) is 5.66. The maximum Gasteiger partial charge on any atom is 0.393 e. The van der Waals surface area contributed by atoms with Gasteiger partial charge in [-0.3, -0.25) is 4.79 Å². The monoisotopic (exact) mass is 546 g/mol. The molecule has 1 saturated carbocycles. The molecular weight excluding hydrogens is 516 g/mol. The molecule has 1 aliphatic heterocycles. The van der Waals surface area contributed by atoms with Crippen molar-refractivity contribution in [2.45, 2.75) is 56.5 Å². The van der Waals surface area contributed by atoms with Crippen molar-refractivity contribution in [1.82, 2.24) is 29.6 Å². The van der Waals surface area contributed by atoms with Gasteiger partial charge in [0.2, 0.25) is 0 Å². The first-order valence-electron chi connectivity index (χ1n) is 12.7. The number of hydrogen-bond donors (Lipinski definition) is 3. The van der Waals surface area contributed by atoms with E-state index in [4.69, 9.17) is 5.73 Å². The third-order valence-electron chi connectivity index (χ3n) is 7.29. The van der Waals surface area contributed by atoms with Gasteiger partial charge in [0, 0.05) is 18.7 Å². The Morgan fingerprint density at radius 2 is 2.08 bits per heavy atom. The molecule has 0 aromatic carbocycles. The highest BCUT2D eigenvalue weighted by Crippen LogP contribution is 2.44. The molecule has 1 amide bonds. The number of anilines is 2. The number of pyridine rings is 1. The van der Waals surface area contributed by atoms with Crippen LogP contribution < -0.4 is 16.4 Å². The number of hydrogen-bond acceptors (Lipinski definition) is 6. The van der Waals surface area contributed by atoms with Crippen LogP contribution in [0.15, 0.2) is 24.4 Å². The van der Waals surface area contributed by atoms with Crippen molar-refractivity contribution in [3.63, 3.8) is 0 Å². The summed E-state index contributed by atoms with van der Waals surface area (Å²) in [6, 6.07) is 4.28. The SMILES string of the molecule is CN1CC[C@@H](Nc2cccc3c(CC(F)(F)F)c(C#CCNC(=O)c4cnn(C5(C)CC5)c4N)nn23)[C@@H](F)C1. The predicted molar refractivity (Wildman–Crippen MR) is 138 cm³/mol. The van der Waals surface area contributed by atoms with Crippen LogP contribution in [0, 0.1) is 11.8 Å². The third-order valence-corrected chi connectivity index (χ3v) is 7.29. The summed E-state index contributed by atoms with van der Waals surface area (Å²) < 4.78 is 58.0. The zero-order valence-electron chi connectivity index (χ0n) is 21.6. The quantitative estimate of drug-likeness (QED) is 0.325. The molecular formula is C26H30F4N8O. The Hall–Kier alpha value is -3.79. The smallest absolute Gasteiger partial charge is 0.383 e. The number of nitrogen functional groups attached to an aromatic ring is 1. The Kier molecular flexibility index (Phi) is 6.92. The molecule has 4 heterocycles. The van der Waals surface area contributed by atoms with Gasteiger partial charge in [-0.1, -0.05) is 12.0 Å². The highest BCUT2D eigenvalue weighted by molar-refractivity contribution is 5.98. The minimum Gasteiger partial charge on any atom is -0.383 e. The van der Waals surface area contributed by atoms with Gasteiger partial charge in [-0.25, -0.2) is 13.6 Å². The minimum atomic E-state index is -4.49. The Morgan fingerprint density at radius 1 is 1.31 bits per heavy atom. The van der Waals surface area contributed by atoms with Crippen LogP contribution in [0.5, 0.6) is 0 Å². The van der Waals surface area contributed by atoms with E-state index >= 15 is 0 Å². The van der Waals surface area contributed by atoms with Crippen LogP contribution in [0.4, 0.5) is 29.2 Å². The van der Waals surface area contributed by atoms with Crippen molar-refractivity contribution in [3.8, 4) is 11.8 Å². The van der Waals surface area contributed by atoms with Crippen LogP contribution in [0.2, 0.25) is 0 Å². The van der Waals surface area contributed by atoms with E-state index in [1.807, 2.05) is 18.9 Å². The average Bonchev–Trinajstić information content (AvgIpc) is 3.33. The molecule has 0 radical (unpaired) electrons. The molecule has 9 nitrogen and oxygen atoms in total. The second-order valence-electron chi connectivity index (χ2n) is 10.5. The first-order valence-corrected chi connectivity index (χ1v) is 12.7. The largest absolute Gasteiger partial charge is 0.393 e. The van der Waals surface area contributed by atoms with E-state index in [-0.39, 0.29) is 46.8 Å². The number of rotatable bonds is 6. The molecule has 2 aliphatic rings. The van der Waals surface area contributed by atoms with Crippen molar-refractivity contribution in [2.24, 2.45) is 0 Å². The van der Waals surface area contributed by atoms with Gasteiger partial charge in [-0.2, -0.15) is 23.4 Å². The number of aromatic nitrogens is 4. The molecule has 3 aromatic heterocycles. The van der Waals surface area contributed by atoms with Gasteiger partial charge in [-0.15, -0.1) is 0 Å². The number of carbonyl (C=O) groups is 1. The van der Waals surface area contributed by atoms with Crippen LogP contribution >= 0.6 is 0 Å². The van der Waals surface area contributed by atoms with Gasteiger partial charge >= 0.3 is 6.18 Å². The Morgan fingerprint density at radius 3 is 2.77 bits per heavy atom. The van der Waals surface area contributed by atoms with E-state index in [0.717, 1.165) is 12.8 Å². The number of halogens is 4. The molecule has 2 atom stereocenters. The molecule has 0 unspecified atom stereocenters. The number of piperidine rings is 1. The summed E-state index contributed by atoms with van der Waals surface area (Å²) in [6.07, 6.45) is -3.08. The fourth-order valence-corrected chi connectivity index (χ4v) is 4.82. The van der Waals surface area contributed by atoms with Crippen molar-refractivity contribution < 1.29 is 22.4 Å². The molecule has 39 heavy (non-hydrogen) atoms. The van der Waals surface area contributed by atoms with Crippen molar-refractivity contribution in [1.29, 1.82) is 0 Å². The average molecular weight is 547 g/mol. The molecule has 4 N–H and O–H groups in total. The van der Waals surface area contributed by atoms with Crippen molar-refractivity contribution >= 4 is 23.1 Å². The number of likely N-dealkylation sites (tertiary alicyclic amines) is 1. The number of nitrogens with one attached hydrogen (secondary N) is 2. The van der Waals surface area contributed by atoms with Gasteiger partial charge in [-0.05, 0) is 51.3 Å². The molecule has 1 aliphatic carbocycles. The number of nitrogens with zero attached hydrogens (tertiary/aromatic N) is 5. The first-order chi connectivity index (χ1) is 18.4. The van der Waals surface area contributed by atoms with Crippen LogP contribution in [0.3, 0.4) is 0 Å². The lowest BCUT2D eigenvalue weighted by Gasteiger charge is -2.33. The standard InChI is InChI=1S/C26H30F4N8O/c1-25(9-10-25)38-23(31)17(14-33-38)24(39)32-11-4-5-19-16(13-26(28,29)30)21-6-3-7-22(37(21)35-19)34-20-8-12-36(2)15-18(20)27/h3,6-7,14,18,20,34H,8-13,15,31H2,1-2H3,(H,32,39)/t18-,20+/m0/s1. The van der Waals surface area contributed by atoms with E-state index in [9.17, 15) is 22.4 Å². The van der Waals surface area contributed by atoms with Gasteiger partial charge in [0.05, 0.1) is 36.3 Å². The minimum absolute atomic E-state index is 0.0648. The Balaban J connectivity index is 1.36. The van der Waals surface area contributed by atoms with Gasteiger partial charge in [0.25, 0.3) is 5.91 Å². The number of amides is 1. The molecule has 5 rings (SSSR count). The lowest BCUT2D eigenvalue weighted by molar-refractivity contribution is -0.127. The fourth-order valence-electron chi connectivity index (χ4n) is 4.82. The van der Waals surface area contributed by atoms with Gasteiger partial charge < -0.3 is 21.3 Å². The molecule has 0 spiro atoms. The number of carbonyl (C=O) groups excluding carboxylic acids is 1. The highest BCUT2D eigenvalue weighted by atomic mass is 19.4. The summed E-state index contributed by atoms with van der Waals surface area (Å²) in [4.78, 5) is 14.5. The molecule has 13 heteroatoms. The summed E-state index contributed by atoms with van der Waals surface area (Å²) in [7, 11) is 1.84. The van der Waals surface area contributed by atoms with Crippen LogP contribution in [0.1, 0.15) is 47.8 Å². The molecule has 0 bridgehead atoms. The fraction of sp³-hybridized carbons (Fsp3) is 0.500. The van der Waals surface area contributed by atoms with Gasteiger partial charge in [0.1, 0.15) is 29.1 Å².